The van der Waals surface area contributed by atoms with Crippen molar-refractivity contribution in [1.29, 1.82) is 5.26 Å². The van der Waals surface area contributed by atoms with E-state index in [2.05, 4.69) is 24.3 Å². The van der Waals surface area contributed by atoms with Crippen molar-refractivity contribution in [2.45, 2.75) is 6.42 Å². The summed E-state index contributed by atoms with van der Waals surface area (Å²) in [6.07, 6.45) is 0.00694. The van der Waals surface area contributed by atoms with Crippen LogP contribution >= 0.6 is 0 Å². The van der Waals surface area contributed by atoms with Crippen LogP contribution < -0.4 is 0 Å². The van der Waals surface area contributed by atoms with E-state index in [0.717, 1.165) is 0 Å². The number of hydrogen-bond acceptors (Lipinski definition) is 3. The van der Waals surface area contributed by atoms with E-state index in [1.165, 1.54) is 11.1 Å². The van der Waals surface area contributed by atoms with Gasteiger partial charge >= 0.3 is 0 Å². The van der Waals surface area contributed by atoms with Crippen molar-refractivity contribution in [2.75, 3.05) is 6.54 Å². The molecule has 0 bridgehead atoms. The number of nitrogens with zero attached hydrogens (tertiary/aromatic N) is 2. The van der Waals surface area contributed by atoms with Gasteiger partial charge in [0.05, 0.1) is 12.5 Å². The zero-order valence-electron chi connectivity index (χ0n) is 6.93. The molecule has 2 aliphatic carbocycles. The molecular formula is C9H8N2O2. The van der Waals surface area contributed by atoms with Crippen LogP contribution in [0, 0.1) is 21.4 Å². The van der Waals surface area contributed by atoms with Crippen LogP contribution in [0.15, 0.2) is 24.3 Å². The molecular weight excluding hydrogens is 168 g/mol. The first-order chi connectivity index (χ1) is 6.24. The summed E-state index contributed by atoms with van der Waals surface area (Å²) >= 11 is 0. The fraction of sp³-hybridized carbons (Fsp3) is 0.222. The third kappa shape index (κ3) is 3.34. The lowest BCUT2D eigenvalue weighted by Gasteiger charge is -1.78. The summed E-state index contributed by atoms with van der Waals surface area (Å²) in [5.41, 5.74) is 2.85. The van der Waals surface area contributed by atoms with Crippen molar-refractivity contribution in [1.82, 2.24) is 0 Å². The predicted octanol–water partition coefficient (Wildman–Crippen LogP) is 1.84. The minimum absolute atomic E-state index is 0.00694. The van der Waals surface area contributed by atoms with E-state index >= 15 is 0 Å². The Hall–Kier alpha value is -1.89. The van der Waals surface area contributed by atoms with Crippen molar-refractivity contribution in [2.24, 2.45) is 0 Å². The molecule has 66 valence electrons. The molecule has 0 fully saturated rings. The Bertz CT molecular complexity index is 338. The minimum Gasteiger partial charge on any atom is -0.265 e. The standard InChI is InChI=1S/C6H4.C3H4N2O2/c1-2-5-4-6(5)3-1;4-2-1-3-5(6)7/h1-4H;1,3H2. The molecule has 0 aromatic heterocycles. The van der Waals surface area contributed by atoms with Gasteiger partial charge in [0.1, 0.15) is 0 Å². The molecule has 2 rings (SSSR count). The maximum absolute atomic E-state index is 9.41. The van der Waals surface area contributed by atoms with Crippen LogP contribution in [0.2, 0.25) is 0 Å². The van der Waals surface area contributed by atoms with Crippen LogP contribution in [0.25, 0.3) is 11.1 Å². The Morgan fingerprint density at radius 3 is 2.23 bits per heavy atom. The van der Waals surface area contributed by atoms with Crippen LogP contribution in [0.4, 0.5) is 0 Å². The molecule has 0 heterocycles. The molecule has 0 radical (unpaired) electrons. The van der Waals surface area contributed by atoms with Crippen molar-refractivity contribution in [3.8, 4) is 17.2 Å². The van der Waals surface area contributed by atoms with Crippen LogP contribution in [0.3, 0.4) is 0 Å². The Morgan fingerprint density at radius 2 is 2.08 bits per heavy atom. The fourth-order valence-electron chi connectivity index (χ4n) is 0.817. The maximum Gasteiger partial charge on any atom is 0.216 e. The SMILES string of the molecule is N#CCC[N+](=O)[O-].c1cc2cc-2c1. The third-order valence-corrected chi connectivity index (χ3v) is 1.52. The molecule has 0 aliphatic heterocycles. The van der Waals surface area contributed by atoms with E-state index in [1.54, 1.807) is 6.07 Å². The number of nitriles is 1. The van der Waals surface area contributed by atoms with Gasteiger partial charge in [-0.3, -0.25) is 10.1 Å². The van der Waals surface area contributed by atoms with E-state index in [-0.39, 0.29) is 13.0 Å². The Morgan fingerprint density at radius 1 is 1.46 bits per heavy atom. The monoisotopic (exact) mass is 176 g/mol. The van der Waals surface area contributed by atoms with Crippen LogP contribution in [-0.4, -0.2) is 11.5 Å². The summed E-state index contributed by atoms with van der Waals surface area (Å²) in [7, 11) is 0. The van der Waals surface area contributed by atoms with E-state index in [4.69, 9.17) is 5.26 Å². The summed E-state index contributed by atoms with van der Waals surface area (Å²) in [4.78, 5) is 8.90. The molecule has 0 atom stereocenters. The van der Waals surface area contributed by atoms with Gasteiger partial charge in [-0.05, 0) is 17.2 Å². The highest BCUT2D eigenvalue weighted by atomic mass is 16.6. The second kappa shape index (κ2) is 4.21. The molecule has 0 spiro atoms. The van der Waals surface area contributed by atoms with E-state index in [9.17, 15) is 10.1 Å². The quantitative estimate of drug-likeness (QED) is 0.518. The first-order valence-corrected chi connectivity index (χ1v) is 3.83. The van der Waals surface area contributed by atoms with Crippen molar-refractivity contribution in [3.05, 3.63) is 34.4 Å². The lowest BCUT2D eigenvalue weighted by Crippen LogP contribution is -1.97. The molecule has 13 heavy (non-hydrogen) atoms. The first kappa shape index (κ1) is 9.20. The Labute approximate surface area is 75.6 Å². The number of fused-ring (bicyclic) bond motifs is 1. The maximum atomic E-state index is 9.41. The zero-order valence-corrected chi connectivity index (χ0v) is 6.93. The second-order valence-corrected chi connectivity index (χ2v) is 2.55. The average Bonchev–Trinajstić information content (AvgIpc) is 2.72. The largest absolute Gasteiger partial charge is 0.265 e. The molecule has 0 aromatic rings. The molecule has 0 saturated heterocycles. The van der Waals surface area contributed by atoms with Gasteiger partial charge in [-0.25, -0.2) is 0 Å². The molecule has 4 nitrogen and oxygen atoms in total. The molecule has 0 saturated carbocycles. The molecule has 0 amide bonds. The predicted molar refractivity (Wildman–Crippen MR) is 47.5 cm³/mol. The molecule has 0 N–H and O–H groups in total. The van der Waals surface area contributed by atoms with E-state index in [0.29, 0.717) is 0 Å². The topological polar surface area (TPSA) is 66.9 Å². The highest BCUT2D eigenvalue weighted by Crippen LogP contribution is 2.32. The summed E-state index contributed by atoms with van der Waals surface area (Å²) in [6.45, 7) is -0.240. The number of benzene rings is 1. The summed E-state index contributed by atoms with van der Waals surface area (Å²) in [5.74, 6) is 0. The zero-order chi connectivity index (χ0) is 9.68. The highest BCUT2D eigenvalue weighted by molar-refractivity contribution is 5.80. The van der Waals surface area contributed by atoms with Gasteiger partial charge in [0.15, 0.2) is 0 Å². The first-order valence-electron chi connectivity index (χ1n) is 3.83. The summed E-state index contributed by atoms with van der Waals surface area (Å²) < 4.78 is 0. The van der Waals surface area contributed by atoms with Crippen molar-refractivity contribution in [3.63, 3.8) is 0 Å². The minimum atomic E-state index is -0.511. The van der Waals surface area contributed by atoms with Crippen LogP contribution in [0.1, 0.15) is 6.42 Å². The normalized spacial score (nSPS) is 9.15. The molecule has 0 aromatic carbocycles. The van der Waals surface area contributed by atoms with Crippen LogP contribution in [0.5, 0.6) is 0 Å². The molecule has 2 aliphatic rings. The van der Waals surface area contributed by atoms with Gasteiger partial charge in [-0.15, -0.1) is 0 Å². The Kier molecular flexibility index (Phi) is 2.98. The Balaban J connectivity index is 0.000000130. The van der Waals surface area contributed by atoms with Gasteiger partial charge in [-0.2, -0.15) is 5.26 Å². The number of hydrogen-bond donors (Lipinski definition) is 0. The van der Waals surface area contributed by atoms with Gasteiger partial charge in [0.25, 0.3) is 0 Å². The van der Waals surface area contributed by atoms with Crippen molar-refractivity contribution >= 4 is 0 Å². The number of nitro groups is 1. The third-order valence-electron chi connectivity index (χ3n) is 1.52. The summed E-state index contributed by atoms with van der Waals surface area (Å²) in [5, 5.41) is 17.2. The fourth-order valence-corrected chi connectivity index (χ4v) is 0.817. The van der Waals surface area contributed by atoms with Gasteiger partial charge < -0.3 is 0 Å². The van der Waals surface area contributed by atoms with Crippen LogP contribution in [-0.2, 0) is 0 Å². The van der Waals surface area contributed by atoms with E-state index in [1.807, 2.05) is 0 Å². The van der Waals surface area contributed by atoms with Gasteiger partial charge in [0.2, 0.25) is 6.54 Å². The lowest BCUT2D eigenvalue weighted by atomic mass is 10.5. The summed E-state index contributed by atoms with van der Waals surface area (Å²) in [6, 6.07) is 10.1. The van der Waals surface area contributed by atoms with Gasteiger partial charge in [-0.1, -0.05) is 18.2 Å². The molecule has 0 unspecified atom stereocenters. The second-order valence-electron chi connectivity index (χ2n) is 2.55. The van der Waals surface area contributed by atoms with E-state index < -0.39 is 4.92 Å². The van der Waals surface area contributed by atoms with Gasteiger partial charge in [0, 0.05) is 4.92 Å². The number of rotatable bonds is 2. The lowest BCUT2D eigenvalue weighted by molar-refractivity contribution is -0.478. The average molecular weight is 176 g/mol. The highest BCUT2D eigenvalue weighted by Gasteiger charge is 2.06. The molecule has 4 heteroatoms. The smallest absolute Gasteiger partial charge is 0.216 e. The van der Waals surface area contributed by atoms with Crippen molar-refractivity contribution < 1.29 is 4.92 Å².